The maximum atomic E-state index is 10.5. The minimum atomic E-state index is -1.66. The number of rotatable bonds is 1. The Morgan fingerprint density at radius 3 is 2.55 bits per heavy atom. The van der Waals surface area contributed by atoms with Gasteiger partial charge in [0.05, 0.1) is 13.2 Å². The molecule has 1 saturated heterocycles. The van der Waals surface area contributed by atoms with Crippen molar-refractivity contribution in [3.8, 4) is 0 Å². The zero-order chi connectivity index (χ0) is 8.32. The Balaban J connectivity index is 2.61. The lowest BCUT2D eigenvalue weighted by Crippen LogP contribution is -2.39. The summed E-state index contributed by atoms with van der Waals surface area (Å²) in [5.74, 6) is 0. The summed E-state index contributed by atoms with van der Waals surface area (Å²) in [5.41, 5.74) is -0.652. The van der Waals surface area contributed by atoms with Gasteiger partial charge in [-0.05, 0) is 6.92 Å². The van der Waals surface area contributed by atoms with Crippen molar-refractivity contribution in [1.82, 2.24) is 0 Å². The molecule has 1 heterocycles. The minimum absolute atomic E-state index is 0.124. The third-order valence-corrected chi connectivity index (χ3v) is 2.33. The minimum Gasteiger partial charge on any atom is -0.266 e. The van der Waals surface area contributed by atoms with Gasteiger partial charge in [-0.2, -0.15) is 12.8 Å². The normalized spacial score (nSPS) is 38.1. The van der Waals surface area contributed by atoms with Crippen LogP contribution in [0.15, 0.2) is 4.36 Å². The van der Waals surface area contributed by atoms with E-state index in [0.29, 0.717) is 0 Å². The van der Waals surface area contributed by atoms with E-state index in [9.17, 15) is 8.42 Å². The highest BCUT2D eigenvalue weighted by molar-refractivity contribution is 7.75. The van der Waals surface area contributed by atoms with Crippen LogP contribution < -0.4 is 0 Å². The van der Waals surface area contributed by atoms with E-state index >= 15 is 0 Å². The molecule has 0 amide bonds. The SMILES string of the molecule is CC1(N=S=O)COS(=O)OC1. The molecular formula is C4H7NO4S2. The van der Waals surface area contributed by atoms with Gasteiger partial charge in [0.25, 0.3) is 0 Å². The predicted octanol–water partition coefficient (Wildman–Crippen LogP) is -0.233. The van der Waals surface area contributed by atoms with Crippen LogP contribution in [0, 0.1) is 0 Å². The van der Waals surface area contributed by atoms with Crippen LogP contribution in [0.25, 0.3) is 0 Å². The highest BCUT2D eigenvalue weighted by atomic mass is 32.2. The quantitative estimate of drug-likeness (QED) is 0.582. The van der Waals surface area contributed by atoms with Crippen LogP contribution in [0.3, 0.4) is 0 Å². The first-order valence-corrected chi connectivity index (χ1v) is 4.56. The Morgan fingerprint density at radius 2 is 2.09 bits per heavy atom. The highest BCUT2D eigenvalue weighted by Gasteiger charge is 2.31. The summed E-state index contributed by atoms with van der Waals surface area (Å²) >= 11 is -1.54. The van der Waals surface area contributed by atoms with Gasteiger partial charge in [-0.1, -0.05) is 0 Å². The second-order valence-electron chi connectivity index (χ2n) is 2.39. The molecule has 1 rings (SSSR count). The molecule has 1 aliphatic heterocycles. The molecule has 1 fully saturated rings. The molecule has 0 bridgehead atoms. The van der Waals surface area contributed by atoms with Crippen molar-refractivity contribution in [2.75, 3.05) is 13.2 Å². The van der Waals surface area contributed by atoms with E-state index in [0.717, 1.165) is 0 Å². The van der Waals surface area contributed by atoms with E-state index in [-0.39, 0.29) is 24.7 Å². The van der Waals surface area contributed by atoms with Crippen LogP contribution >= 0.6 is 0 Å². The Morgan fingerprint density at radius 1 is 1.55 bits per heavy atom. The van der Waals surface area contributed by atoms with E-state index in [1.165, 1.54) is 0 Å². The van der Waals surface area contributed by atoms with Gasteiger partial charge in [0.1, 0.15) is 5.54 Å². The van der Waals surface area contributed by atoms with Crippen molar-refractivity contribution in [1.29, 1.82) is 0 Å². The van der Waals surface area contributed by atoms with Crippen molar-refractivity contribution in [2.45, 2.75) is 12.5 Å². The van der Waals surface area contributed by atoms with Gasteiger partial charge < -0.3 is 0 Å². The molecule has 11 heavy (non-hydrogen) atoms. The second kappa shape index (κ2) is 3.53. The van der Waals surface area contributed by atoms with Gasteiger partial charge in [-0.3, -0.25) is 8.37 Å². The zero-order valence-corrected chi connectivity index (χ0v) is 7.44. The molecule has 0 aromatic rings. The molecule has 0 spiro atoms. The summed E-state index contributed by atoms with van der Waals surface area (Å²) in [4.78, 5) is 0. The molecule has 0 unspecified atom stereocenters. The van der Waals surface area contributed by atoms with Gasteiger partial charge in [-0.15, -0.1) is 0 Å². The Kier molecular flexibility index (Phi) is 2.88. The first kappa shape index (κ1) is 8.98. The third-order valence-electron chi connectivity index (χ3n) is 1.19. The molecule has 0 N–H and O–H groups in total. The molecule has 7 heteroatoms. The lowest BCUT2D eigenvalue weighted by atomic mass is 10.1. The second-order valence-corrected chi connectivity index (χ2v) is 3.60. The fraction of sp³-hybridized carbons (Fsp3) is 1.00. The van der Waals surface area contributed by atoms with Crippen LogP contribution in [0.5, 0.6) is 0 Å². The Hall–Kier alpha value is -0.110. The molecule has 0 atom stereocenters. The van der Waals surface area contributed by atoms with Crippen molar-refractivity contribution >= 4 is 22.8 Å². The largest absolute Gasteiger partial charge is 0.304 e. The fourth-order valence-electron chi connectivity index (χ4n) is 0.568. The molecule has 0 aromatic carbocycles. The van der Waals surface area contributed by atoms with Crippen LogP contribution in [0.2, 0.25) is 0 Å². The van der Waals surface area contributed by atoms with Crippen molar-refractivity contribution in [2.24, 2.45) is 4.36 Å². The lowest BCUT2D eigenvalue weighted by molar-refractivity contribution is 0.113. The smallest absolute Gasteiger partial charge is 0.266 e. The molecular weight excluding hydrogens is 190 g/mol. The molecule has 1 aliphatic rings. The maximum absolute atomic E-state index is 10.5. The summed E-state index contributed by atoms with van der Waals surface area (Å²) in [6.07, 6.45) is 0. The van der Waals surface area contributed by atoms with Crippen molar-refractivity contribution in [3.05, 3.63) is 0 Å². The van der Waals surface area contributed by atoms with Crippen LogP contribution in [-0.4, -0.2) is 27.2 Å². The summed E-state index contributed by atoms with van der Waals surface area (Å²) in [6, 6.07) is 0. The number of nitrogens with zero attached hydrogens (tertiary/aromatic N) is 1. The van der Waals surface area contributed by atoms with Gasteiger partial charge in [0.15, 0.2) is 11.5 Å². The maximum Gasteiger partial charge on any atom is 0.304 e. The Bertz CT molecular complexity index is 214. The molecule has 5 nitrogen and oxygen atoms in total. The average molecular weight is 197 g/mol. The van der Waals surface area contributed by atoms with E-state index in [1.807, 2.05) is 0 Å². The van der Waals surface area contributed by atoms with Crippen LogP contribution in [0.4, 0.5) is 0 Å². The zero-order valence-electron chi connectivity index (χ0n) is 5.81. The monoisotopic (exact) mass is 197 g/mol. The van der Waals surface area contributed by atoms with Gasteiger partial charge in [-0.25, -0.2) is 0 Å². The molecule has 0 aliphatic carbocycles. The van der Waals surface area contributed by atoms with Gasteiger partial charge >= 0.3 is 11.4 Å². The van der Waals surface area contributed by atoms with E-state index in [4.69, 9.17) is 0 Å². The van der Waals surface area contributed by atoms with E-state index in [2.05, 4.69) is 12.7 Å². The third kappa shape index (κ3) is 2.44. The summed E-state index contributed by atoms with van der Waals surface area (Å²) in [5, 5.41) is 0. The molecule has 0 saturated carbocycles. The van der Waals surface area contributed by atoms with Crippen LogP contribution in [0.1, 0.15) is 6.92 Å². The summed E-state index contributed by atoms with van der Waals surface area (Å²) in [7, 11) is 0. The van der Waals surface area contributed by atoms with E-state index < -0.39 is 16.9 Å². The number of hydrogen-bond donors (Lipinski definition) is 0. The topological polar surface area (TPSA) is 65.0 Å². The average Bonchev–Trinajstić information content (AvgIpc) is 1.97. The van der Waals surface area contributed by atoms with Crippen molar-refractivity contribution in [3.63, 3.8) is 0 Å². The molecule has 0 radical (unpaired) electrons. The standard InChI is InChI=1S/C4H7NO4S2/c1-4(5-10-6)2-8-11(7)9-3-4/h2-3H2,1H3. The Labute approximate surface area is 70.2 Å². The van der Waals surface area contributed by atoms with Crippen LogP contribution in [-0.2, 0) is 31.2 Å². The first-order chi connectivity index (χ1) is 5.16. The van der Waals surface area contributed by atoms with Crippen molar-refractivity contribution < 1.29 is 16.8 Å². The summed E-state index contributed by atoms with van der Waals surface area (Å²) in [6.45, 7) is 2.03. The predicted molar refractivity (Wildman–Crippen MR) is 39.0 cm³/mol. The highest BCUT2D eigenvalue weighted by Crippen LogP contribution is 2.17. The molecule has 0 aromatic heterocycles. The van der Waals surface area contributed by atoms with Gasteiger partial charge in [0.2, 0.25) is 0 Å². The van der Waals surface area contributed by atoms with E-state index in [1.54, 1.807) is 6.92 Å². The summed E-state index contributed by atoms with van der Waals surface area (Å²) < 4.78 is 33.5. The van der Waals surface area contributed by atoms with Gasteiger partial charge in [0, 0.05) is 0 Å². The number of hydrogen-bond acceptors (Lipinski definition) is 5. The fourth-order valence-corrected chi connectivity index (χ4v) is 1.62. The lowest BCUT2D eigenvalue weighted by Gasteiger charge is -2.25. The molecule has 64 valence electrons. The first-order valence-electron chi connectivity index (χ1n) is 2.86.